The van der Waals surface area contributed by atoms with Crippen molar-refractivity contribution in [3.63, 3.8) is 0 Å². The van der Waals surface area contributed by atoms with Crippen LogP contribution in [0.2, 0.25) is 0 Å². The van der Waals surface area contributed by atoms with Gasteiger partial charge in [0.1, 0.15) is 11.6 Å². The van der Waals surface area contributed by atoms with Gasteiger partial charge in [0.05, 0.1) is 17.9 Å². The van der Waals surface area contributed by atoms with E-state index in [2.05, 4.69) is 51.3 Å². The lowest BCUT2D eigenvalue weighted by molar-refractivity contribution is 0.0854. The van der Waals surface area contributed by atoms with E-state index in [9.17, 15) is 5.11 Å². The second-order valence-electron chi connectivity index (χ2n) is 9.81. The molecule has 1 saturated carbocycles. The summed E-state index contributed by atoms with van der Waals surface area (Å²) >= 11 is 0. The fourth-order valence-electron chi connectivity index (χ4n) is 5.04. The Labute approximate surface area is 214 Å². The molecule has 1 saturated heterocycles. The molecule has 1 aliphatic heterocycles. The van der Waals surface area contributed by atoms with Gasteiger partial charge in [-0.15, -0.1) is 0 Å². The van der Waals surface area contributed by atoms with E-state index in [1.54, 1.807) is 6.07 Å². The zero-order valence-corrected chi connectivity index (χ0v) is 20.8. The van der Waals surface area contributed by atoms with Gasteiger partial charge in [-0.25, -0.2) is 4.98 Å². The number of rotatable bonds is 8. The Kier molecular flexibility index (Phi) is 7.84. The fourth-order valence-corrected chi connectivity index (χ4v) is 5.04. The van der Waals surface area contributed by atoms with E-state index in [0.29, 0.717) is 12.4 Å². The Morgan fingerprint density at radius 2 is 1.75 bits per heavy atom. The van der Waals surface area contributed by atoms with Crippen molar-refractivity contribution in [2.24, 2.45) is 0 Å². The van der Waals surface area contributed by atoms with Crippen LogP contribution in [0.25, 0.3) is 17.3 Å². The first-order chi connectivity index (χ1) is 17.6. The molecular formula is C30H36N4O2. The van der Waals surface area contributed by atoms with Crippen molar-refractivity contribution in [3.05, 3.63) is 84.1 Å². The number of nitrogens with two attached hydrogens (primary N) is 1. The molecular weight excluding hydrogens is 448 g/mol. The molecule has 2 aromatic carbocycles. The SMILES string of the molecule is Nc1cccc(-c2ccc(C(O)CN3CCN(C=Cc4ccccc4)CC3)cc2OC2CCCC2)n1. The van der Waals surface area contributed by atoms with Crippen LogP contribution in [0.4, 0.5) is 5.82 Å². The van der Waals surface area contributed by atoms with Crippen LogP contribution in [0.15, 0.2) is 72.9 Å². The van der Waals surface area contributed by atoms with Gasteiger partial charge in [-0.05, 0) is 73.4 Å². The van der Waals surface area contributed by atoms with Gasteiger partial charge in [0.25, 0.3) is 0 Å². The molecule has 1 atom stereocenters. The number of pyridine rings is 1. The Bertz CT molecular complexity index is 1150. The van der Waals surface area contributed by atoms with Crippen molar-refractivity contribution >= 4 is 11.9 Å². The molecule has 1 aliphatic carbocycles. The van der Waals surface area contributed by atoms with E-state index in [1.807, 2.05) is 36.4 Å². The van der Waals surface area contributed by atoms with E-state index in [4.69, 9.17) is 10.5 Å². The molecule has 2 fully saturated rings. The third kappa shape index (κ3) is 6.25. The number of β-amino-alcohol motifs (C(OH)–C–C–N with tert-alkyl or cyclic N) is 1. The molecule has 0 amide bonds. The fraction of sp³-hybridized carbons (Fsp3) is 0.367. The first-order valence-corrected chi connectivity index (χ1v) is 13.1. The summed E-state index contributed by atoms with van der Waals surface area (Å²) in [5.41, 5.74) is 9.75. The molecule has 0 spiro atoms. The summed E-state index contributed by atoms with van der Waals surface area (Å²) in [4.78, 5) is 9.18. The minimum atomic E-state index is -0.579. The number of nitrogen functional groups attached to an aromatic ring is 1. The molecule has 1 unspecified atom stereocenters. The number of hydrogen-bond donors (Lipinski definition) is 2. The summed E-state index contributed by atoms with van der Waals surface area (Å²) in [6, 6.07) is 22.0. The van der Waals surface area contributed by atoms with Gasteiger partial charge in [0.2, 0.25) is 0 Å². The lowest BCUT2D eigenvalue weighted by Crippen LogP contribution is -2.45. The number of aliphatic hydroxyl groups excluding tert-OH is 1. The summed E-state index contributed by atoms with van der Waals surface area (Å²) in [7, 11) is 0. The highest BCUT2D eigenvalue weighted by Crippen LogP contribution is 2.35. The Morgan fingerprint density at radius 3 is 2.50 bits per heavy atom. The lowest BCUT2D eigenvalue weighted by Gasteiger charge is -2.35. The van der Waals surface area contributed by atoms with Crippen LogP contribution in [0.5, 0.6) is 5.75 Å². The number of benzene rings is 2. The second-order valence-corrected chi connectivity index (χ2v) is 9.81. The maximum Gasteiger partial charge on any atom is 0.129 e. The van der Waals surface area contributed by atoms with Crippen molar-refractivity contribution in [2.75, 3.05) is 38.5 Å². The maximum absolute atomic E-state index is 11.1. The number of ether oxygens (including phenoxy) is 1. The molecule has 36 heavy (non-hydrogen) atoms. The number of hydrogen-bond acceptors (Lipinski definition) is 6. The Balaban J connectivity index is 1.23. The van der Waals surface area contributed by atoms with Crippen molar-refractivity contribution in [2.45, 2.75) is 37.9 Å². The smallest absolute Gasteiger partial charge is 0.129 e. The second kappa shape index (κ2) is 11.6. The average Bonchev–Trinajstić information content (AvgIpc) is 3.42. The normalized spacial score (nSPS) is 18.1. The van der Waals surface area contributed by atoms with Gasteiger partial charge in [0.15, 0.2) is 0 Å². The standard InChI is InChI=1S/C30H36N4O2/c31-30-12-6-11-27(32-30)26-14-13-24(21-29(26)36-25-9-4-5-10-25)28(35)22-34-19-17-33(18-20-34)16-15-23-7-2-1-3-8-23/h1-3,6-8,11-16,21,25,28,35H,4-5,9-10,17-20,22H2,(H2,31,32). The molecule has 0 bridgehead atoms. The van der Waals surface area contributed by atoms with Gasteiger partial charge in [-0.3, -0.25) is 4.90 Å². The monoisotopic (exact) mass is 484 g/mol. The minimum Gasteiger partial charge on any atom is -0.490 e. The van der Waals surface area contributed by atoms with Crippen molar-refractivity contribution in [1.82, 2.24) is 14.8 Å². The quantitative estimate of drug-likeness (QED) is 0.470. The summed E-state index contributed by atoms with van der Waals surface area (Å²) in [6.45, 7) is 4.35. The summed E-state index contributed by atoms with van der Waals surface area (Å²) in [5, 5.41) is 11.1. The third-order valence-electron chi connectivity index (χ3n) is 7.15. The van der Waals surface area contributed by atoms with Crippen LogP contribution in [-0.2, 0) is 0 Å². The largest absolute Gasteiger partial charge is 0.490 e. The van der Waals surface area contributed by atoms with Crippen molar-refractivity contribution < 1.29 is 9.84 Å². The molecule has 0 radical (unpaired) electrons. The van der Waals surface area contributed by atoms with Gasteiger partial charge < -0.3 is 20.5 Å². The predicted octanol–water partition coefficient (Wildman–Crippen LogP) is 4.97. The van der Waals surface area contributed by atoms with Crippen LogP contribution in [0.3, 0.4) is 0 Å². The van der Waals surface area contributed by atoms with E-state index in [0.717, 1.165) is 61.6 Å². The number of anilines is 1. The van der Waals surface area contributed by atoms with E-state index in [-0.39, 0.29) is 6.10 Å². The van der Waals surface area contributed by atoms with Crippen LogP contribution < -0.4 is 10.5 Å². The molecule has 6 heteroatoms. The number of nitrogens with zero attached hydrogens (tertiary/aromatic N) is 3. The molecule has 2 heterocycles. The van der Waals surface area contributed by atoms with E-state index in [1.165, 1.54) is 18.4 Å². The maximum atomic E-state index is 11.1. The predicted molar refractivity (Wildman–Crippen MR) is 145 cm³/mol. The summed E-state index contributed by atoms with van der Waals surface area (Å²) in [6.07, 6.45) is 8.52. The number of aliphatic hydroxyl groups is 1. The van der Waals surface area contributed by atoms with Crippen LogP contribution in [0, 0.1) is 0 Å². The van der Waals surface area contributed by atoms with Crippen molar-refractivity contribution in [3.8, 4) is 17.0 Å². The molecule has 6 nitrogen and oxygen atoms in total. The zero-order valence-electron chi connectivity index (χ0n) is 20.8. The van der Waals surface area contributed by atoms with E-state index < -0.39 is 6.10 Å². The zero-order chi connectivity index (χ0) is 24.7. The van der Waals surface area contributed by atoms with Gasteiger partial charge in [-0.1, -0.05) is 42.5 Å². The molecule has 188 valence electrons. The summed E-state index contributed by atoms with van der Waals surface area (Å²) < 4.78 is 6.44. The van der Waals surface area contributed by atoms with Crippen LogP contribution >= 0.6 is 0 Å². The molecule has 5 rings (SSSR count). The molecule has 1 aromatic heterocycles. The molecule has 3 aromatic rings. The number of piperazine rings is 1. The van der Waals surface area contributed by atoms with E-state index >= 15 is 0 Å². The van der Waals surface area contributed by atoms with Gasteiger partial charge in [0, 0.05) is 38.3 Å². The Morgan fingerprint density at radius 1 is 0.972 bits per heavy atom. The highest BCUT2D eigenvalue weighted by atomic mass is 16.5. The van der Waals surface area contributed by atoms with Gasteiger partial charge in [-0.2, -0.15) is 0 Å². The highest BCUT2D eigenvalue weighted by molar-refractivity contribution is 5.69. The van der Waals surface area contributed by atoms with Gasteiger partial charge >= 0.3 is 0 Å². The topological polar surface area (TPSA) is 74.9 Å². The van der Waals surface area contributed by atoms with Crippen molar-refractivity contribution in [1.29, 1.82) is 0 Å². The third-order valence-corrected chi connectivity index (χ3v) is 7.15. The lowest BCUT2D eigenvalue weighted by atomic mass is 10.0. The first kappa shape index (κ1) is 24.3. The summed E-state index contributed by atoms with van der Waals surface area (Å²) in [5.74, 6) is 1.27. The molecule has 3 N–H and O–H groups in total. The average molecular weight is 485 g/mol. The van der Waals surface area contributed by atoms with Crippen LogP contribution in [0.1, 0.15) is 42.9 Å². The minimum absolute atomic E-state index is 0.217. The van der Waals surface area contributed by atoms with Crippen LogP contribution in [-0.4, -0.2) is 58.7 Å². The number of aromatic nitrogens is 1. The molecule has 2 aliphatic rings. The first-order valence-electron chi connectivity index (χ1n) is 13.1. The highest BCUT2D eigenvalue weighted by Gasteiger charge is 2.22. The Hall–Kier alpha value is -3.35.